The van der Waals surface area contributed by atoms with E-state index in [1.807, 2.05) is 30.3 Å². The molecule has 5 nitrogen and oxygen atoms in total. The summed E-state index contributed by atoms with van der Waals surface area (Å²) in [7, 11) is 0. The van der Waals surface area contributed by atoms with Gasteiger partial charge in [0.25, 0.3) is 0 Å². The van der Waals surface area contributed by atoms with Crippen molar-refractivity contribution in [2.75, 3.05) is 31.1 Å². The van der Waals surface area contributed by atoms with Gasteiger partial charge in [-0.1, -0.05) is 49.7 Å². The van der Waals surface area contributed by atoms with Crippen molar-refractivity contribution < 1.29 is 0 Å². The number of anilines is 1. The Morgan fingerprint density at radius 3 is 2.44 bits per heavy atom. The molecule has 1 fully saturated rings. The minimum Gasteiger partial charge on any atom is -0.355 e. The fraction of sp³-hybridized carbons (Fsp3) is 0.308. The summed E-state index contributed by atoms with van der Waals surface area (Å²) in [6.45, 7) is 9.03. The first-order chi connectivity index (χ1) is 15.5. The van der Waals surface area contributed by atoms with Gasteiger partial charge in [0.1, 0.15) is 11.9 Å². The summed E-state index contributed by atoms with van der Waals surface area (Å²) < 4.78 is 2.18. The van der Waals surface area contributed by atoms with E-state index in [4.69, 9.17) is 16.6 Å². The number of hydrogen-bond acceptors (Lipinski definition) is 4. The van der Waals surface area contributed by atoms with Gasteiger partial charge in [-0.3, -0.25) is 9.30 Å². The quantitative estimate of drug-likeness (QED) is 0.420. The molecule has 0 amide bonds. The van der Waals surface area contributed by atoms with E-state index in [0.717, 1.165) is 65.8 Å². The van der Waals surface area contributed by atoms with Crippen molar-refractivity contribution in [2.24, 2.45) is 0 Å². The van der Waals surface area contributed by atoms with Gasteiger partial charge in [0.05, 0.1) is 16.6 Å². The fourth-order valence-corrected chi connectivity index (χ4v) is 4.74. The summed E-state index contributed by atoms with van der Waals surface area (Å²) in [4.78, 5) is 9.77. The lowest BCUT2D eigenvalue weighted by Gasteiger charge is -2.36. The monoisotopic (exact) mass is 443 g/mol. The molecule has 2 aromatic heterocycles. The molecule has 1 aliphatic rings. The molecule has 162 valence electrons. The Labute approximate surface area is 193 Å². The molecule has 0 atom stereocenters. The van der Waals surface area contributed by atoms with Gasteiger partial charge in [-0.15, -0.1) is 0 Å². The molecule has 32 heavy (non-hydrogen) atoms. The average Bonchev–Trinajstić information content (AvgIpc) is 3.19. The lowest BCUT2D eigenvalue weighted by Crippen LogP contribution is -2.46. The smallest absolute Gasteiger partial charge is 0.157 e. The highest BCUT2D eigenvalue weighted by Crippen LogP contribution is 2.32. The summed E-state index contributed by atoms with van der Waals surface area (Å²) in [5.41, 5.74) is 5.76. The molecule has 4 aromatic rings. The Bertz CT molecular complexity index is 1310. The highest BCUT2D eigenvalue weighted by atomic mass is 35.5. The largest absolute Gasteiger partial charge is 0.355 e. The number of hydrogen-bond donors (Lipinski definition) is 0. The minimum absolute atomic E-state index is 0.249. The van der Waals surface area contributed by atoms with Crippen LogP contribution in [-0.2, 0) is 6.54 Å². The molecule has 0 bridgehead atoms. The van der Waals surface area contributed by atoms with Gasteiger partial charge in [-0.2, -0.15) is 5.26 Å². The van der Waals surface area contributed by atoms with E-state index in [1.165, 1.54) is 5.56 Å². The van der Waals surface area contributed by atoms with Crippen molar-refractivity contribution in [2.45, 2.75) is 26.3 Å². The number of benzene rings is 2. The standard InChI is InChI=1S/C26H26ClN5/c1-18(2)21-15-25(32-24-6-4-3-5-23(24)29-26(32)22(21)16-28)31-13-11-30(12-14-31)17-19-7-9-20(27)10-8-19/h3-10,15,18H,11-14,17H2,1-2H3. The van der Waals surface area contributed by atoms with E-state index in [2.05, 4.69) is 58.4 Å². The number of fused-ring (bicyclic) bond motifs is 3. The molecule has 0 N–H and O–H groups in total. The van der Waals surface area contributed by atoms with Crippen LogP contribution in [0.5, 0.6) is 0 Å². The van der Waals surface area contributed by atoms with Crippen molar-refractivity contribution >= 4 is 34.1 Å². The predicted octanol–water partition coefficient (Wildman–Crippen LogP) is 5.46. The normalized spacial score (nSPS) is 15.0. The van der Waals surface area contributed by atoms with Gasteiger partial charge in [-0.25, -0.2) is 4.98 Å². The number of nitrogens with zero attached hydrogens (tertiary/aromatic N) is 5. The maximum atomic E-state index is 9.95. The number of imidazole rings is 1. The molecule has 0 aliphatic carbocycles. The second-order valence-electron chi connectivity index (χ2n) is 8.75. The van der Waals surface area contributed by atoms with Crippen molar-refractivity contribution in [3.05, 3.63) is 76.3 Å². The summed E-state index contributed by atoms with van der Waals surface area (Å²) >= 11 is 6.03. The maximum Gasteiger partial charge on any atom is 0.157 e. The molecule has 2 aromatic carbocycles. The average molecular weight is 444 g/mol. The van der Waals surface area contributed by atoms with Crippen LogP contribution in [0.2, 0.25) is 5.02 Å². The number of halogens is 1. The lowest BCUT2D eigenvalue weighted by molar-refractivity contribution is 0.249. The number of aromatic nitrogens is 2. The Hall–Kier alpha value is -3.07. The highest BCUT2D eigenvalue weighted by Gasteiger charge is 2.24. The van der Waals surface area contributed by atoms with Crippen LogP contribution in [0.25, 0.3) is 16.7 Å². The summed E-state index contributed by atoms with van der Waals surface area (Å²) in [6.07, 6.45) is 0. The molecule has 6 heteroatoms. The minimum atomic E-state index is 0.249. The topological polar surface area (TPSA) is 47.6 Å². The van der Waals surface area contributed by atoms with E-state index in [9.17, 15) is 5.26 Å². The third kappa shape index (κ3) is 3.70. The zero-order valence-electron chi connectivity index (χ0n) is 18.4. The lowest BCUT2D eigenvalue weighted by atomic mass is 9.98. The highest BCUT2D eigenvalue weighted by molar-refractivity contribution is 6.30. The summed E-state index contributed by atoms with van der Waals surface area (Å²) in [6, 6.07) is 20.9. The van der Waals surface area contributed by atoms with Gasteiger partial charge >= 0.3 is 0 Å². The number of pyridine rings is 1. The van der Waals surface area contributed by atoms with Crippen LogP contribution in [-0.4, -0.2) is 40.5 Å². The predicted molar refractivity (Wildman–Crippen MR) is 130 cm³/mol. The Morgan fingerprint density at radius 2 is 1.75 bits per heavy atom. The van der Waals surface area contributed by atoms with Gasteiger partial charge in [0.2, 0.25) is 0 Å². The zero-order chi connectivity index (χ0) is 22.2. The van der Waals surface area contributed by atoms with E-state index in [1.54, 1.807) is 0 Å². The fourth-order valence-electron chi connectivity index (χ4n) is 4.62. The Morgan fingerprint density at radius 1 is 1.03 bits per heavy atom. The number of para-hydroxylation sites is 2. The number of piperazine rings is 1. The van der Waals surface area contributed by atoms with Gasteiger partial charge in [0.15, 0.2) is 5.65 Å². The summed E-state index contributed by atoms with van der Waals surface area (Å²) in [5.74, 6) is 1.38. The van der Waals surface area contributed by atoms with E-state index < -0.39 is 0 Å². The molecule has 0 spiro atoms. The molecule has 5 rings (SSSR count). The number of rotatable bonds is 4. The second kappa shape index (κ2) is 8.46. The third-order valence-electron chi connectivity index (χ3n) is 6.34. The molecular formula is C26H26ClN5. The van der Waals surface area contributed by atoms with Crippen LogP contribution in [0, 0.1) is 11.3 Å². The second-order valence-corrected chi connectivity index (χ2v) is 9.19. The van der Waals surface area contributed by atoms with E-state index >= 15 is 0 Å². The molecule has 3 heterocycles. The zero-order valence-corrected chi connectivity index (χ0v) is 19.2. The number of nitriles is 1. The van der Waals surface area contributed by atoms with Crippen LogP contribution < -0.4 is 4.90 Å². The van der Waals surface area contributed by atoms with Crippen LogP contribution in [0.3, 0.4) is 0 Å². The molecule has 0 saturated carbocycles. The molecule has 0 unspecified atom stereocenters. The van der Waals surface area contributed by atoms with Crippen molar-refractivity contribution in [1.82, 2.24) is 14.3 Å². The van der Waals surface area contributed by atoms with E-state index in [0.29, 0.717) is 5.56 Å². The first-order valence-electron chi connectivity index (χ1n) is 11.1. The first kappa shape index (κ1) is 20.8. The van der Waals surface area contributed by atoms with Crippen LogP contribution in [0.1, 0.15) is 36.5 Å². The van der Waals surface area contributed by atoms with Crippen molar-refractivity contribution in [3.8, 4) is 6.07 Å². The SMILES string of the molecule is CC(C)c1cc(N2CCN(Cc3ccc(Cl)cc3)CC2)n2c(nc3ccccc32)c1C#N. The summed E-state index contributed by atoms with van der Waals surface area (Å²) in [5, 5.41) is 10.7. The Balaban J connectivity index is 1.50. The van der Waals surface area contributed by atoms with Gasteiger partial charge in [0, 0.05) is 37.7 Å². The van der Waals surface area contributed by atoms with Crippen molar-refractivity contribution in [1.29, 1.82) is 5.26 Å². The van der Waals surface area contributed by atoms with Gasteiger partial charge < -0.3 is 4.90 Å². The molecule has 1 aliphatic heterocycles. The van der Waals surface area contributed by atoms with Crippen LogP contribution in [0.15, 0.2) is 54.6 Å². The third-order valence-corrected chi connectivity index (χ3v) is 6.59. The first-order valence-corrected chi connectivity index (χ1v) is 11.5. The van der Waals surface area contributed by atoms with E-state index in [-0.39, 0.29) is 5.92 Å². The van der Waals surface area contributed by atoms with Crippen LogP contribution in [0.4, 0.5) is 5.82 Å². The molecular weight excluding hydrogens is 418 g/mol. The molecule has 0 radical (unpaired) electrons. The van der Waals surface area contributed by atoms with Gasteiger partial charge in [-0.05, 0) is 47.4 Å². The van der Waals surface area contributed by atoms with Crippen molar-refractivity contribution in [3.63, 3.8) is 0 Å². The van der Waals surface area contributed by atoms with Crippen LogP contribution >= 0.6 is 11.6 Å². The Kier molecular flexibility index (Phi) is 5.50. The molecule has 1 saturated heterocycles. The maximum absolute atomic E-state index is 9.95.